The number of aromatic nitrogens is 5. The van der Waals surface area contributed by atoms with Crippen molar-refractivity contribution in [3.05, 3.63) is 71.5 Å². The van der Waals surface area contributed by atoms with Gasteiger partial charge in [0.15, 0.2) is 0 Å². The minimum absolute atomic E-state index is 0.00752. The first-order chi connectivity index (χ1) is 23.6. The molecule has 0 saturated carbocycles. The SMILES string of the molecule is CC(C)Oc1ccc(C(=N)c2nc(N3CC[C@]4(CCN(CC(=O)N5CC=C(c6ncc(-c7cn(C)cn7)s6)CC5)C4)C3=O)ccc2N)cn1. The van der Waals surface area contributed by atoms with Crippen molar-refractivity contribution in [3.63, 3.8) is 0 Å². The van der Waals surface area contributed by atoms with Crippen molar-refractivity contribution >= 4 is 45.9 Å². The Balaban J connectivity index is 0.958. The summed E-state index contributed by atoms with van der Waals surface area (Å²) >= 11 is 1.62. The lowest BCUT2D eigenvalue weighted by Crippen LogP contribution is -2.43. The van der Waals surface area contributed by atoms with Gasteiger partial charge in [-0.3, -0.25) is 24.8 Å². The summed E-state index contributed by atoms with van der Waals surface area (Å²) in [5.74, 6) is 1.03. The molecule has 2 fully saturated rings. The number of anilines is 2. The maximum Gasteiger partial charge on any atom is 0.237 e. The molecule has 14 heteroatoms. The van der Waals surface area contributed by atoms with E-state index in [0.717, 1.165) is 27.6 Å². The topological polar surface area (TPSA) is 159 Å². The minimum atomic E-state index is -0.557. The maximum atomic E-state index is 13.9. The van der Waals surface area contributed by atoms with Crippen molar-refractivity contribution in [2.24, 2.45) is 12.5 Å². The average molecular weight is 681 g/mol. The third-order valence-corrected chi connectivity index (χ3v) is 10.5. The number of pyridine rings is 2. The number of amides is 2. The first-order valence-electron chi connectivity index (χ1n) is 16.5. The van der Waals surface area contributed by atoms with Crippen LogP contribution in [0.1, 0.15) is 49.4 Å². The van der Waals surface area contributed by atoms with Crippen LogP contribution in [0.4, 0.5) is 11.5 Å². The van der Waals surface area contributed by atoms with Gasteiger partial charge < -0.3 is 19.9 Å². The summed E-state index contributed by atoms with van der Waals surface area (Å²) in [6.07, 6.45) is 11.4. The highest BCUT2D eigenvalue weighted by Crippen LogP contribution is 2.42. The molecule has 0 aliphatic carbocycles. The molecule has 0 aromatic carbocycles. The second-order valence-corrected chi connectivity index (χ2v) is 14.3. The number of hydrogen-bond donors (Lipinski definition) is 2. The predicted octanol–water partition coefficient (Wildman–Crippen LogP) is 3.86. The lowest BCUT2D eigenvalue weighted by molar-refractivity contribution is -0.132. The number of imidazole rings is 1. The Labute approximate surface area is 289 Å². The summed E-state index contributed by atoms with van der Waals surface area (Å²) in [4.78, 5) is 52.1. The number of carbonyl (C=O) groups excluding carboxylic acids is 2. The number of nitrogen functional groups attached to an aromatic ring is 1. The van der Waals surface area contributed by atoms with Gasteiger partial charge in [0.1, 0.15) is 16.5 Å². The molecule has 7 heterocycles. The number of nitrogens with one attached hydrogen (secondary N) is 1. The largest absolute Gasteiger partial charge is 0.475 e. The number of nitrogens with two attached hydrogens (primary N) is 1. The van der Waals surface area contributed by atoms with Crippen LogP contribution in [-0.2, 0) is 16.6 Å². The maximum absolute atomic E-state index is 13.9. The zero-order chi connectivity index (χ0) is 34.3. The number of hydrogen-bond acceptors (Lipinski definition) is 11. The molecule has 3 aliphatic rings. The zero-order valence-electron chi connectivity index (χ0n) is 27.9. The van der Waals surface area contributed by atoms with Crippen LogP contribution in [0.5, 0.6) is 5.88 Å². The fourth-order valence-corrected chi connectivity index (χ4v) is 7.71. The predicted molar refractivity (Wildman–Crippen MR) is 189 cm³/mol. The lowest BCUT2D eigenvalue weighted by atomic mass is 9.85. The van der Waals surface area contributed by atoms with E-state index < -0.39 is 5.41 Å². The molecule has 2 saturated heterocycles. The molecule has 3 N–H and O–H groups in total. The van der Waals surface area contributed by atoms with Crippen LogP contribution >= 0.6 is 11.3 Å². The van der Waals surface area contributed by atoms with Gasteiger partial charge in [0.05, 0.1) is 46.4 Å². The highest BCUT2D eigenvalue weighted by atomic mass is 32.1. The highest BCUT2D eigenvalue weighted by Gasteiger charge is 2.51. The Hall–Kier alpha value is -4.95. The fourth-order valence-electron chi connectivity index (χ4n) is 6.76. The van der Waals surface area contributed by atoms with E-state index in [-0.39, 0.29) is 30.2 Å². The van der Waals surface area contributed by atoms with Crippen molar-refractivity contribution in [1.82, 2.24) is 34.3 Å². The molecule has 1 atom stereocenters. The summed E-state index contributed by atoms with van der Waals surface area (Å²) in [7, 11) is 1.95. The Morgan fingerprint density at radius 3 is 2.65 bits per heavy atom. The van der Waals surface area contributed by atoms with Crippen LogP contribution < -0.4 is 15.4 Å². The van der Waals surface area contributed by atoms with Gasteiger partial charge >= 0.3 is 0 Å². The standard InChI is InChI=1S/C35H40N10O3S/c1-22(2)48-29-7-4-24(16-38-29)31(37)32-25(36)5-6-28(41-32)45-15-11-35(34(45)47)10-14-43(20-35)19-30(46)44-12-8-23(9-13-44)33-39-17-27(49-33)26-18-42(3)21-40-26/h4-8,16-18,21-22,37H,9-15,19-20,36H2,1-3H3/t35-/m0/s1. The van der Waals surface area contributed by atoms with Crippen LogP contribution in [0.15, 0.2) is 55.3 Å². The van der Waals surface area contributed by atoms with Crippen molar-refractivity contribution in [2.75, 3.05) is 49.9 Å². The van der Waals surface area contributed by atoms with Crippen LogP contribution in [-0.4, -0.2) is 97.2 Å². The number of thiazole rings is 1. The van der Waals surface area contributed by atoms with Crippen LogP contribution in [0.2, 0.25) is 0 Å². The van der Waals surface area contributed by atoms with Gasteiger partial charge in [-0.1, -0.05) is 6.08 Å². The lowest BCUT2D eigenvalue weighted by Gasteiger charge is -2.28. The van der Waals surface area contributed by atoms with E-state index in [1.807, 2.05) is 42.8 Å². The van der Waals surface area contributed by atoms with E-state index in [9.17, 15) is 9.59 Å². The number of aryl methyl sites for hydroxylation is 1. The molecule has 254 valence electrons. The zero-order valence-corrected chi connectivity index (χ0v) is 28.7. The van der Waals surface area contributed by atoms with E-state index in [0.29, 0.717) is 74.2 Å². The highest BCUT2D eigenvalue weighted by molar-refractivity contribution is 7.16. The summed E-state index contributed by atoms with van der Waals surface area (Å²) < 4.78 is 7.54. The number of nitrogens with zero attached hydrogens (tertiary/aromatic N) is 8. The molecule has 13 nitrogen and oxygen atoms in total. The van der Waals surface area contributed by atoms with Gasteiger partial charge in [-0.15, -0.1) is 11.3 Å². The minimum Gasteiger partial charge on any atom is -0.475 e. The number of carbonyl (C=O) groups is 2. The first kappa shape index (κ1) is 32.6. The van der Waals surface area contributed by atoms with Crippen LogP contribution in [0, 0.1) is 10.8 Å². The van der Waals surface area contributed by atoms with Crippen molar-refractivity contribution in [3.8, 4) is 16.5 Å². The van der Waals surface area contributed by atoms with E-state index in [1.165, 1.54) is 0 Å². The number of ether oxygens (including phenoxy) is 1. The van der Waals surface area contributed by atoms with Crippen LogP contribution in [0.25, 0.3) is 16.1 Å². The molecule has 49 heavy (non-hydrogen) atoms. The van der Waals surface area contributed by atoms with Gasteiger partial charge in [0.2, 0.25) is 17.7 Å². The second kappa shape index (κ2) is 13.2. The van der Waals surface area contributed by atoms with Gasteiger partial charge in [-0.2, -0.15) is 0 Å². The van der Waals surface area contributed by atoms with E-state index in [2.05, 4.69) is 30.9 Å². The summed E-state index contributed by atoms with van der Waals surface area (Å²) in [5.41, 5.74) is 9.09. The second-order valence-electron chi connectivity index (χ2n) is 13.3. The molecule has 4 aromatic heterocycles. The smallest absolute Gasteiger partial charge is 0.237 e. The normalized spacial score (nSPS) is 19.7. The molecule has 3 aliphatic heterocycles. The molecule has 7 rings (SSSR count). The van der Waals surface area contributed by atoms with E-state index in [4.69, 9.17) is 15.9 Å². The number of likely N-dealkylation sites (tertiary alicyclic amines) is 1. The Kier molecular flexibility index (Phi) is 8.75. The van der Waals surface area contributed by atoms with Crippen molar-refractivity contribution in [1.29, 1.82) is 5.41 Å². The van der Waals surface area contributed by atoms with Crippen LogP contribution in [0.3, 0.4) is 0 Å². The number of rotatable bonds is 9. The summed E-state index contributed by atoms with van der Waals surface area (Å²) in [5, 5.41) is 9.76. The molecule has 0 radical (unpaired) electrons. The van der Waals surface area contributed by atoms with Crippen molar-refractivity contribution < 1.29 is 14.3 Å². The molecule has 4 aromatic rings. The molecule has 2 amide bonds. The third-order valence-electron chi connectivity index (χ3n) is 9.41. The van der Waals surface area contributed by atoms with Crippen molar-refractivity contribution in [2.45, 2.75) is 39.2 Å². The third kappa shape index (κ3) is 6.57. The first-order valence-corrected chi connectivity index (χ1v) is 17.3. The fraction of sp³-hybridized carbons (Fsp3) is 0.400. The summed E-state index contributed by atoms with van der Waals surface area (Å²) in [6, 6.07) is 6.90. The Morgan fingerprint density at radius 1 is 1.10 bits per heavy atom. The van der Waals surface area contributed by atoms with Gasteiger partial charge in [-0.05, 0) is 63.4 Å². The van der Waals surface area contributed by atoms with Gasteiger partial charge in [-0.25, -0.2) is 19.9 Å². The molecular weight excluding hydrogens is 641 g/mol. The molecule has 0 bridgehead atoms. The average Bonchev–Trinajstić information content (AvgIpc) is 3.90. The monoisotopic (exact) mass is 680 g/mol. The Morgan fingerprint density at radius 2 is 1.94 bits per heavy atom. The molecular formula is C35H40N10O3S. The Bertz CT molecular complexity index is 1930. The van der Waals surface area contributed by atoms with Gasteiger partial charge in [0.25, 0.3) is 0 Å². The molecule has 1 spiro atoms. The van der Waals surface area contributed by atoms with Gasteiger partial charge in [0, 0.05) is 63.4 Å². The van der Waals surface area contributed by atoms with E-state index in [1.54, 1.807) is 53.0 Å². The summed E-state index contributed by atoms with van der Waals surface area (Å²) in [6.45, 7) is 7.06. The molecule has 0 unspecified atom stereocenters. The van der Waals surface area contributed by atoms with E-state index >= 15 is 0 Å². The quantitative estimate of drug-likeness (QED) is 0.250.